The smallest absolute Gasteiger partial charge is 0.244 e. The standard InChI is InChI=1S/C20H23NO4/c1-13-11-16(13)17-9-7-15(25-17)8-10-19(22)21-12-14-5-4-6-18(23-2)20(14)24-3/h4-10,13,16H,11-12H2,1-3H3,(H,21,22)/b10-8+. The van der Waals surface area contributed by atoms with Crippen molar-refractivity contribution in [2.24, 2.45) is 5.92 Å². The van der Waals surface area contributed by atoms with Crippen LogP contribution in [0, 0.1) is 5.92 Å². The van der Waals surface area contributed by atoms with Gasteiger partial charge in [-0.2, -0.15) is 0 Å². The first-order valence-corrected chi connectivity index (χ1v) is 8.38. The van der Waals surface area contributed by atoms with Gasteiger partial charge in [-0.3, -0.25) is 4.79 Å². The van der Waals surface area contributed by atoms with Crippen molar-refractivity contribution in [2.45, 2.75) is 25.8 Å². The number of nitrogens with one attached hydrogen (secondary N) is 1. The number of carbonyl (C=O) groups is 1. The largest absolute Gasteiger partial charge is 0.493 e. The normalized spacial score (nSPS) is 19.0. The second-order valence-corrected chi connectivity index (χ2v) is 6.26. The molecule has 1 saturated carbocycles. The topological polar surface area (TPSA) is 60.7 Å². The van der Waals surface area contributed by atoms with Gasteiger partial charge in [-0.25, -0.2) is 0 Å². The van der Waals surface area contributed by atoms with Crippen LogP contribution in [-0.2, 0) is 11.3 Å². The van der Waals surface area contributed by atoms with E-state index in [1.165, 1.54) is 12.5 Å². The van der Waals surface area contributed by atoms with Gasteiger partial charge in [0.2, 0.25) is 5.91 Å². The third-order valence-electron chi connectivity index (χ3n) is 4.46. The Morgan fingerprint density at radius 2 is 2.08 bits per heavy atom. The van der Waals surface area contributed by atoms with Crippen molar-refractivity contribution in [2.75, 3.05) is 14.2 Å². The maximum Gasteiger partial charge on any atom is 0.244 e. The first-order chi connectivity index (χ1) is 12.1. The average molecular weight is 341 g/mol. The molecule has 5 nitrogen and oxygen atoms in total. The molecule has 1 aliphatic carbocycles. The zero-order valence-electron chi connectivity index (χ0n) is 14.7. The Hall–Kier alpha value is -2.69. The summed E-state index contributed by atoms with van der Waals surface area (Å²) >= 11 is 0. The minimum absolute atomic E-state index is 0.192. The molecule has 132 valence electrons. The van der Waals surface area contributed by atoms with Crippen LogP contribution in [0.25, 0.3) is 6.08 Å². The van der Waals surface area contributed by atoms with Crippen LogP contribution in [0.5, 0.6) is 11.5 Å². The van der Waals surface area contributed by atoms with Gasteiger partial charge in [0.15, 0.2) is 11.5 Å². The van der Waals surface area contributed by atoms with E-state index in [0.29, 0.717) is 35.6 Å². The van der Waals surface area contributed by atoms with Crippen LogP contribution in [0.15, 0.2) is 40.8 Å². The molecule has 25 heavy (non-hydrogen) atoms. The van der Waals surface area contributed by atoms with E-state index in [1.807, 2.05) is 30.3 Å². The highest BCUT2D eigenvalue weighted by Gasteiger charge is 2.36. The second kappa shape index (κ2) is 7.47. The summed E-state index contributed by atoms with van der Waals surface area (Å²) in [5.74, 6) is 4.02. The summed E-state index contributed by atoms with van der Waals surface area (Å²) in [4.78, 5) is 12.0. The van der Waals surface area contributed by atoms with Gasteiger partial charge < -0.3 is 19.2 Å². The molecule has 1 N–H and O–H groups in total. The van der Waals surface area contributed by atoms with Crippen LogP contribution in [0.2, 0.25) is 0 Å². The number of para-hydroxylation sites is 1. The Kier molecular flexibility index (Phi) is 5.12. The summed E-state index contributed by atoms with van der Waals surface area (Å²) < 4.78 is 16.4. The molecule has 2 atom stereocenters. The van der Waals surface area contributed by atoms with Gasteiger partial charge in [0.1, 0.15) is 11.5 Å². The molecule has 5 heteroatoms. The summed E-state index contributed by atoms with van der Waals surface area (Å²) in [5.41, 5.74) is 0.853. The highest BCUT2D eigenvalue weighted by atomic mass is 16.5. The van der Waals surface area contributed by atoms with E-state index in [2.05, 4.69) is 12.2 Å². The van der Waals surface area contributed by atoms with Crippen molar-refractivity contribution >= 4 is 12.0 Å². The van der Waals surface area contributed by atoms with Gasteiger partial charge in [0.25, 0.3) is 0 Å². The van der Waals surface area contributed by atoms with Gasteiger partial charge in [0.05, 0.1) is 14.2 Å². The molecule has 1 aliphatic rings. The van der Waals surface area contributed by atoms with Crippen molar-refractivity contribution in [1.82, 2.24) is 5.32 Å². The fourth-order valence-electron chi connectivity index (χ4n) is 2.87. The molecule has 1 heterocycles. The van der Waals surface area contributed by atoms with Gasteiger partial charge >= 0.3 is 0 Å². The molecule has 0 spiro atoms. The number of benzene rings is 1. The fraction of sp³-hybridized carbons (Fsp3) is 0.350. The molecule has 1 aromatic heterocycles. The summed E-state index contributed by atoms with van der Waals surface area (Å²) in [6, 6.07) is 9.46. The molecule has 0 saturated heterocycles. The number of hydrogen-bond acceptors (Lipinski definition) is 4. The number of amides is 1. The first kappa shape index (κ1) is 17.1. The number of methoxy groups -OCH3 is 2. The van der Waals surface area contributed by atoms with Crippen LogP contribution in [0.1, 0.15) is 36.3 Å². The summed E-state index contributed by atoms with van der Waals surface area (Å²) in [6.45, 7) is 2.57. The van der Waals surface area contributed by atoms with E-state index in [1.54, 1.807) is 20.3 Å². The first-order valence-electron chi connectivity index (χ1n) is 8.38. The van der Waals surface area contributed by atoms with Crippen LogP contribution < -0.4 is 14.8 Å². The molecule has 1 amide bonds. The zero-order chi connectivity index (χ0) is 17.8. The third kappa shape index (κ3) is 4.05. The Morgan fingerprint density at radius 3 is 2.76 bits per heavy atom. The second-order valence-electron chi connectivity index (χ2n) is 6.26. The predicted molar refractivity (Wildman–Crippen MR) is 95.7 cm³/mol. The molecule has 0 aliphatic heterocycles. The Morgan fingerprint density at radius 1 is 1.28 bits per heavy atom. The maximum atomic E-state index is 12.0. The molecular weight excluding hydrogens is 318 g/mol. The maximum absolute atomic E-state index is 12.0. The van der Waals surface area contributed by atoms with Crippen molar-refractivity contribution < 1.29 is 18.7 Å². The summed E-state index contributed by atoms with van der Waals surface area (Å²) in [7, 11) is 3.17. The number of carbonyl (C=O) groups excluding carboxylic acids is 1. The van der Waals surface area contributed by atoms with E-state index >= 15 is 0 Å². The average Bonchev–Trinajstić information content (AvgIpc) is 3.17. The molecule has 1 fully saturated rings. The molecule has 0 radical (unpaired) electrons. The van der Waals surface area contributed by atoms with Crippen LogP contribution in [0.4, 0.5) is 0 Å². The molecule has 2 aromatic rings. The SMILES string of the molecule is COc1cccc(CNC(=O)/C=C/c2ccc(C3CC3C)o2)c1OC. The van der Waals surface area contributed by atoms with Gasteiger partial charge in [0, 0.05) is 24.1 Å². The highest BCUT2D eigenvalue weighted by Crippen LogP contribution is 2.47. The van der Waals surface area contributed by atoms with Gasteiger partial charge in [-0.05, 0) is 36.6 Å². The lowest BCUT2D eigenvalue weighted by Gasteiger charge is -2.12. The number of hydrogen-bond donors (Lipinski definition) is 1. The number of furan rings is 1. The molecule has 0 bridgehead atoms. The lowest BCUT2D eigenvalue weighted by molar-refractivity contribution is -0.116. The van der Waals surface area contributed by atoms with E-state index in [9.17, 15) is 4.79 Å². The third-order valence-corrected chi connectivity index (χ3v) is 4.46. The number of ether oxygens (including phenoxy) is 2. The Bertz CT molecular complexity index is 778. The van der Waals surface area contributed by atoms with E-state index in [0.717, 1.165) is 11.3 Å². The number of rotatable bonds is 7. The lowest BCUT2D eigenvalue weighted by Crippen LogP contribution is -2.20. The lowest BCUT2D eigenvalue weighted by atomic mass is 10.2. The molecule has 3 rings (SSSR count). The Labute approximate surface area is 147 Å². The summed E-state index contributed by atoms with van der Waals surface area (Å²) in [5, 5.41) is 2.84. The summed E-state index contributed by atoms with van der Waals surface area (Å²) in [6.07, 6.45) is 4.35. The molecule has 2 unspecified atom stereocenters. The van der Waals surface area contributed by atoms with Crippen molar-refractivity contribution in [1.29, 1.82) is 0 Å². The fourth-order valence-corrected chi connectivity index (χ4v) is 2.87. The van der Waals surface area contributed by atoms with Gasteiger partial charge in [-0.1, -0.05) is 19.1 Å². The quantitative estimate of drug-likeness (QED) is 0.779. The minimum Gasteiger partial charge on any atom is -0.493 e. The Balaban J connectivity index is 1.57. The van der Waals surface area contributed by atoms with Crippen LogP contribution in [0.3, 0.4) is 0 Å². The predicted octanol–water partition coefficient (Wildman–Crippen LogP) is 3.75. The zero-order valence-corrected chi connectivity index (χ0v) is 14.7. The minimum atomic E-state index is -0.192. The van der Waals surface area contributed by atoms with Crippen LogP contribution in [-0.4, -0.2) is 20.1 Å². The molecular formula is C20H23NO4. The van der Waals surface area contributed by atoms with Crippen molar-refractivity contribution in [3.05, 3.63) is 53.5 Å². The monoisotopic (exact) mass is 341 g/mol. The van der Waals surface area contributed by atoms with Crippen LogP contribution >= 0.6 is 0 Å². The van der Waals surface area contributed by atoms with E-state index in [-0.39, 0.29) is 5.91 Å². The van der Waals surface area contributed by atoms with Crippen molar-refractivity contribution in [3.8, 4) is 11.5 Å². The van der Waals surface area contributed by atoms with Gasteiger partial charge in [-0.15, -0.1) is 0 Å². The van der Waals surface area contributed by atoms with Crippen molar-refractivity contribution in [3.63, 3.8) is 0 Å². The van der Waals surface area contributed by atoms with E-state index < -0.39 is 0 Å². The molecule has 1 aromatic carbocycles. The van der Waals surface area contributed by atoms with E-state index in [4.69, 9.17) is 13.9 Å². The highest BCUT2D eigenvalue weighted by molar-refractivity contribution is 5.91.